The number of methoxy groups -OCH3 is 1. The highest BCUT2D eigenvalue weighted by Gasteiger charge is 2.08. The molecule has 24 heavy (non-hydrogen) atoms. The Morgan fingerprint density at radius 2 is 1.46 bits per heavy atom. The normalized spacial score (nSPS) is 10.2. The quantitative estimate of drug-likeness (QED) is 0.750. The molecule has 0 aliphatic carbocycles. The maximum atomic E-state index is 12.2. The summed E-state index contributed by atoms with van der Waals surface area (Å²) in [5.74, 6) is 0.595. The van der Waals surface area contributed by atoms with Gasteiger partial charge in [0.1, 0.15) is 5.75 Å². The summed E-state index contributed by atoms with van der Waals surface area (Å²) in [7, 11) is 1.59. The van der Waals surface area contributed by atoms with Crippen molar-refractivity contribution >= 4 is 11.6 Å². The van der Waals surface area contributed by atoms with E-state index in [4.69, 9.17) is 4.74 Å². The lowest BCUT2D eigenvalue weighted by Crippen LogP contribution is -2.14. The maximum absolute atomic E-state index is 12.2. The van der Waals surface area contributed by atoms with Crippen LogP contribution >= 0.6 is 0 Å². The highest BCUT2D eigenvalue weighted by molar-refractivity contribution is 5.93. The number of hydrogen-bond donors (Lipinski definition) is 1. The average Bonchev–Trinajstić information content (AvgIpc) is 2.63. The van der Waals surface area contributed by atoms with E-state index in [1.54, 1.807) is 7.11 Å². The van der Waals surface area contributed by atoms with Crippen LogP contribution in [0.5, 0.6) is 5.75 Å². The Kier molecular flexibility index (Phi) is 4.92. The van der Waals surface area contributed by atoms with Gasteiger partial charge in [-0.2, -0.15) is 0 Å². The number of carbonyl (C=O) groups excluding carboxylic acids is 1. The zero-order chi connectivity index (χ0) is 16.8. The lowest BCUT2D eigenvalue weighted by atomic mass is 10.0. The fraction of sp³-hybridized carbons (Fsp3) is 0.0952. The molecule has 0 saturated heterocycles. The van der Waals surface area contributed by atoms with Crippen LogP contribution in [0.1, 0.15) is 5.56 Å². The van der Waals surface area contributed by atoms with Gasteiger partial charge in [-0.3, -0.25) is 4.79 Å². The second-order valence-corrected chi connectivity index (χ2v) is 5.49. The van der Waals surface area contributed by atoms with Crippen LogP contribution in [-0.2, 0) is 11.2 Å². The fourth-order valence-electron chi connectivity index (χ4n) is 2.57. The summed E-state index contributed by atoms with van der Waals surface area (Å²) < 4.78 is 5.25. The first-order valence-electron chi connectivity index (χ1n) is 7.83. The molecule has 3 aromatic carbocycles. The van der Waals surface area contributed by atoms with Gasteiger partial charge in [-0.1, -0.05) is 66.7 Å². The van der Waals surface area contributed by atoms with Gasteiger partial charge in [-0.05, 0) is 28.8 Å². The third-order valence-electron chi connectivity index (χ3n) is 3.81. The highest BCUT2D eigenvalue weighted by Crippen LogP contribution is 2.23. The Hall–Kier alpha value is -3.07. The van der Waals surface area contributed by atoms with Crippen molar-refractivity contribution in [2.75, 3.05) is 12.4 Å². The lowest BCUT2D eigenvalue weighted by Gasteiger charge is -2.10. The fourth-order valence-corrected chi connectivity index (χ4v) is 2.57. The van der Waals surface area contributed by atoms with E-state index in [1.165, 1.54) is 5.56 Å². The summed E-state index contributed by atoms with van der Waals surface area (Å²) in [5, 5.41) is 2.89. The molecule has 0 heterocycles. The predicted molar refractivity (Wildman–Crippen MR) is 97.2 cm³/mol. The van der Waals surface area contributed by atoms with Gasteiger partial charge in [0.2, 0.25) is 5.91 Å². The van der Waals surface area contributed by atoms with E-state index in [0.717, 1.165) is 11.1 Å². The van der Waals surface area contributed by atoms with Crippen molar-refractivity contribution in [2.45, 2.75) is 6.42 Å². The standard InChI is InChI=1S/C21H19NO2/c1-24-20-10-6-5-9-19(20)22-21(23)15-16-11-13-18(14-12-16)17-7-3-2-4-8-17/h2-14H,15H2,1H3,(H,22,23). The van der Waals surface area contributed by atoms with Crippen LogP contribution in [-0.4, -0.2) is 13.0 Å². The molecule has 3 heteroatoms. The largest absolute Gasteiger partial charge is 0.495 e. The molecular formula is C21H19NO2. The Labute approximate surface area is 141 Å². The van der Waals surface area contributed by atoms with Crippen molar-refractivity contribution in [3.05, 3.63) is 84.4 Å². The van der Waals surface area contributed by atoms with E-state index in [0.29, 0.717) is 17.9 Å². The van der Waals surface area contributed by atoms with Crippen LogP contribution in [0.4, 0.5) is 5.69 Å². The number of amides is 1. The van der Waals surface area contributed by atoms with E-state index in [9.17, 15) is 4.79 Å². The van der Waals surface area contributed by atoms with Crippen LogP contribution in [0.25, 0.3) is 11.1 Å². The zero-order valence-electron chi connectivity index (χ0n) is 13.5. The molecule has 3 aromatic rings. The second-order valence-electron chi connectivity index (χ2n) is 5.49. The number of carbonyl (C=O) groups is 1. The van der Waals surface area contributed by atoms with Crippen molar-refractivity contribution in [1.29, 1.82) is 0 Å². The number of anilines is 1. The maximum Gasteiger partial charge on any atom is 0.228 e. The lowest BCUT2D eigenvalue weighted by molar-refractivity contribution is -0.115. The monoisotopic (exact) mass is 317 g/mol. The molecule has 0 fully saturated rings. The smallest absolute Gasteiger partial charge is 0.228 e. The molecule has 120 valence electrons. The van der Waals surface area contributed by atoms with E-state index < -0.39 is 0 Å². The van der Waals surface area contributed by atoms with Gasteiger partial charge >= 0.3 is 0 Å². The molecule has 0 aromatic heterocycles. The number of hydrogen-bond acceptors (Lipinski definition) is 2. The van der Waals surface area contributed by atoms with Crippen LogP contribution < -0.4 is 10.1 Å². The second kappa shape index (κ2) is 7.47. The summed E-state index contributed by atoms with van der Waals surface area (Å²) in [6.07, 6.45) is 0.327. The Bertz CT molecular complexity index is 811. The molecule has 0 aliphatic heterocycles. The molecule has 3 rings (SSSR count). The third-order valence-corrected chi connectivity index (χ3v) is 3.81. The molecule has 3 nitrogen and oxygen atoms in total. The van der Waals surface area contributed by atoms with Gasteiger partial charge in [0.25, 0.3) is 0 Å². The van der Waals surface area contributed by atoms with Crippen molar-refractivity contribution in [1.82, 2.24) is 0 Å². The minimum absolute atomic E-state index is 0.0630. The summed E-state index contributed by atoms with van der Waals surface area (Å²) in [6.45, 7) is 0. The summed E-state index contributed by atoms with van der Waals surface area (Å²) in [6, 6.07) is 25.6. The molecule has 0 atom stereocenters. The van der Waals surface area contributed by atoms with Gasteiger partial charge in [-0.25, -0.2) is 0 Å². The van der Waals surface area contributed by atoms with Crippen LogP contribution in [0.2, 0.25) is 0 Å². The molecule has 0 unspecified atom stereocenters. The van der Waals surface area contributed by atoms with Gasteiger partial charge in [0.15, 0.2) is 0 Å². The topological polar surface area (TPSA) is 38.3 Å². The Balaban J connectivity index is 1.67. The van der Waals surface area contributed by atoms with Crippen LogP contribution in [0, 0.1) is 0 Å². The number of para-hydroxylation sites is 2. The summed E-state index contributed by atoms with van der Waals surface area (Å²) in [5.41, 5.74) is 3.97. The minimum Gasteiger partial charge on any atom is -0.495 e. The molecule has 0 aliphatic rings. The summed E-state index contributed by atoms with van der Waals surface area (Å²) >= 11 is 0. The van der Waals surface area contributed by atoms with Gasteiger partial charge < -0.3 is 10.1 Å². The summed E-state index contributed by atoms with van der Waals surface area (Å²) in [4.78, 5) is 12.2. The van der Waals surface area contributed by atoms with E-state index in [2.05, 4.69) is 17.4 Å². The van der Waals surface area contributed by atoms with Gasteiger partial charge in [0, 0.05) is 0 Å². The molecule has 0 bridgehead atoms. The first-order chi connectivity index (χ1) is 11.8. The predicted octanol–water partition coefficient (Wildman–Crippen LogP) is 4.54. The molecule has 0 saturated carbocycles. The Morgan fingerprint density at radius 1 is 0.833 bits per heavy atom. The third kappa shape index (κ3) is 3.82. The minimum atomic E-state index is -0.0630. The van der Waals surface area contributed by atoms with E-state index >= 15 is 0 Å². The van der Waals surface area contributed by atoms with E-state index in [1.807, 2.05) is 66.7 Å². The number of ether oxygens (including phenoxy) is 1. The van der Waals surface area contributed by atoms with Crippen LogP contribution in [0.15, 0.2) is 78.9 Å². The molecule has 1 amide bonds. The van der Waals surface area contributed by atoms with E-state index in [-0.39, 0.29) is 5.91 Å². The zero-order valence-corrected chi connectivity index (χ0v) is 13.5. The number of nitrogens with one attached hydrogen (secondary N) is 1. The first-order valence-corrected chi connectivity index (χ1v) is 7.83. The van der Waals surface area contributed by atoms with Crippen LogP contribution in [0.3, 0.4) is 0 Å². The first kappa shape index (κ1) is 15.8. The van der Waals surface area contributed by atoms with Gasteiger partial charge in [-0.15, -0.1) is 0 Å². The molecular weight excluding hydrogens is 298 g/mol. The van der Waals surface area contributed by atoms with Crippen molar-refractivity contribution < 1.29 is 9.53 Å². The van der Waals surface area contributed by atoms with Crippen molar-refractivity contribution in [2.24, 2.45) is 0 Å². The highest BCUT2D eigenvalue weighted by atomic mass is 16.5. The van der Waals surface area contributed by atoms with Crippen molar-refractivity contribution in [3.8, 4) is 16.9 Å². The number of rotatable bonds is 5. The Morgan fingerprint density at radius 3 is 2.17 bits per heavy atom. The van der Waals surface area contributed by atoms with Gasteiger partial charge in [0.05, 0.1) is 19.2 Å². The molecule has 0 radical (unpaired) electrons. The SMILES string of the molecule is COc1ccccc1NC(=O)Cc1ccc(-c2ccccc2)cc1. The average molecular weight is 317 g/mol. The molecule has 0 spiro atoms. The molecule has 1 N–H and O–H groups in total. The number of benzene rings is 3. The van der Waals surface area contributed by atoms with Crippen molar-refractivity contribution in [3.63, 3.8) is 0 Å².